The molecule has 0 rings (SSSR count). The lowest BCUT2D eigenvalue weighted by Gasteiger charge is -2.23. The van der Waals surface area contributed by atoms with Crippen molar-refractivity contribution in [2.24, 2.45) is 11.8 Å². The fourth-order valence-corrected chi connectivity index (χ4v) is 1.45. The second-order valence-electron chi connectivity index (χ2n) is 4.53. The van der Waals surface area contributed by atoms with E-state index in [-0.39, 0.29) is 5.92 Å². The third kappa shape index (κ3) is 4.97. The van der Waals surface area contributed by atoms with E-state index in [2.05, 4.69) is 13.8 Å². The standard InChI is InChI=1S/C12H26O2/c1-5-9(3)7-8-11(13)12(14)10(4)6-2/h9-14H,5-8H2,1-4H3. The van der Waals surface area contributed by atoms with Crippen LogP contribution >= 0.6 is 0 Å². The van der Waals surface area contributed by atoms with E-state index in [4.69, 9.17) is 0 Å². The van der Waals surface area contributed by atoms with Crippen molar-refractivity contribution in [3.63, 3.8) is 0 Å². The van der Waals surface area contributed by atoms with Gasteiger partial charge >= 0.3 is 0 Å². The summed E-state index contributed by atoms with van der Waals surface area (Å²) in [6.07, 6.45) is 2.70. The van der Waals surface area contributed by atoms with Gasteiger partial charge in [0, 0.05) is 0 Å². The summed E-state index contributed by atoms with van der Waals surface area (Å²) >= 11 is 0. The van der Waals surface area contributed by atoms with Crippen LogP contribution in [0.3, 0.4) is 0 Å². The van der Waals surface area contributed by atoms with Gasteiger partial charge in [-0.15, -0.1) is 0 Å². The van der Waals surface area contributed by atoms with Crippen LogP contribution in [-0.4, -0.2) is 22.4 Å². The Hall–Kier alpha value is -0.0800. The van der Waals surface area contributed by atoms with E-state index < -0.39 is 12.2 Å². The van der Waals surface area contributed by atoms with Crippen molar-refractivity contribution in [1.82, 2.24) is 0 Å². The van der Waals surface area contributed by atoms with Crippen molar-refractivity contribution >= 4 is 0 Å². The summed E-state index contributed by atoms with van der Waals surface area (Å²) in [6, 6.07) is 0. The number of hydrogen-bond acceptors (Lipinski definition) is 2. The predicted molar refractivity (Wildman–Crippen MR) is 60.2 cm³/mol. The molecule has 2 N–H and O–H groups in total. The number of aliphatic hydroxyl groups excluding tert-OH is 2. The first-order valence-electron chi connectivity index (χ1n) is 5.88. The third-order valence-electron chi connectivity index (χ3n) is 3.27. The molecule has 0 saturated heterocycles. The predicted octanol–water partition coefficient (Wildman–Crippen LogP) is 2.58. The highest BCUT2D eigenvalue weighted by atomic mass is 16.3. The average Bonchev–Trinajstić information content (AvgIpc) is 2.22. The van der Waals surface area contributed by atoms with Gasteiger partial charge in [0.05, 0.1) is 12.2 Å². The maximum absolute atomic E-state index is 9.72. The molecular weight excluding hydrogens is 176 g/mol. The zero-order valence-corrected chi connectivity index (χ0v) is 10.0. The van der Waals surface area contributed by atoms with E-state index in [9.17, 15) is 10.2 Å². The lowest BCUT2D eigenvalue weighted by atomic mass is 9.92. The molecule has 14 heavy (non-hydrogen) atoms. The van der Waals surface area contributed by atoms with E-state index >= 15 is 0 Å². The van der Waals surface area contributed by atoms with Gasteiger partial charge in [-0.05, 0) is 24.7 Å². The van der Waals surface area contributed by atoms with Crippen LogP contribution in [0.15, 0.2) is 0 Å². The molecule has 0 radical (unpaired) electrons. The molecule has 0 bridgehead atoms. The molecule has 0 aromatic heterocycles. The number of hydrogen-bond donors (Lipinski definition) is 2. The van der Waals surface area contributed by atoms with Gasteiger partial charge < -0.3 is 10.2 Å². The smallest absolute Gasteiger partial charge is 0.0824 e. The van der Waals surface area contributed by atoms with E-state index in [1.807, 2.05) is 13.8 Å². The van der Waals surface area contributed by atoms with Gasteiger partial charge in [-0.2, -0.15) is 0 Å². The summed E-state index contributed by atoms with van der Waals surface area (Å²) in [5, 5.41) is 19.4. The van der Waals surface area contributed by atoms with E-state index in [0.29, 0.717) is 5.92 Å². The molecule has 0 fully saturated rings. The summed E-state index contributed by atoms with van der Waals surface area (Å²) < 4.78 is 0. The number of aliphatic hydroxyl groups is 2. The Labute approximate surface area is 88.3 Å². The van der Waals surface area contributed by atoms with Gasteiger partial charge in [0.1, 0.15) is 0 Å². The maximum Gasteiger partial charge on any atom is 0.0824 e. The van der Waals surface area contributed by atoms with Crippen LogP contribution in [0.2, 0.25) is 0 Å². The first-order chi connectivity index (χ1) is 6.52. The molecule has 0 amide bonds. The third-order valence-corrected chi connectivity index (χ3v) is 3.27. The van der Waals surface area contributed by atoms with Crippen molar-refractivity contribution in [2.75, 3.05) is 0 Å². The Morgan fingerprint density at radius 2 is 1.50 bits per heavy atom. The maximum atomic E-state index is 9.72. The summed E-state index contributed by atoms with van der Waals surface area (Å²) in [5.41, 5.74) is 0. The topological polar surface area (TPSA) is 40.5 Å². The molecule has 4 unspecified atom stereocenters. The molecule has 0 saturated carbocycles. The fraction of sp³-hybridized carbons (Fsp3) is 1.00. The molecule has 0 aromatic carbocycles. The largest absolute Gasteiger partial charge is 0.390 e. The minimum absolute atomic E-state index is 0.196. The van der Waals surface area contributed by atoms with Crippen molar-refractivity contribution in [1.29, 1.82) is 0 Å². The van der Waals surface area contributed by atoms with E-state index in [0.717, 1.165) is 25.7 Å². The van der Waals surface area contributed by atoms with Crippen LogP contribution in [0.5, 0.6) is 0 Å². The van der Waals surface area contributed by atoms with Gasteiger partial charge in [0.15, 0.2) is 0 Å². The van der Waals surface area contributed by atoms with Crippen LogP contribution in [-0.2, 0) is 0 Å². The van der Waals surface area contributed by atoms with Crippen molar-refractivity contribution < 1.29 is 10.2 Å². The first kappa shape index (κ1) is 13.9. The second kappa shape index (κ2) is 7.24. The van der Waals surface area contributed by atoms with Crippen LogP contribution in [0, 0.1) is 11.8 Å². The molecule has 0 aliphatic heterocycles. The molecule has 4 atom stereocenters. The molecule has 0 aliphatic rings. The molecule has 0 aliphatic carbocycles. The van der Waals surface area contributed by atoms with Gasteiger partial charge in [0.25, 0.3) is 0 Å². The quantitative estimate of drug-likeness (QED) is 0.666. The first-order valence-corrected chi connectivity index (χ1v) is 5.88. The summed E-state index contributed by atoms with van der Waals surface area (Å²) in [5.74, 6) is 0.843. The molecule has 0 aromatic rings. The van der Waals surface area contributed by atoms with Crippen LogP contribution < -0.4 is 0 Å². The van der Waals surface area contributed by atoms with Gasteiger partial charge in [-0.3, -0.25) is 0 Å². The SMILES string of the molecule is CCC(C)CCC(O)C(O)C(C)CC. The summed E-state index contributed by atoms with van der Waals surface area (Å²) in [7, 11) is 0. The Morgan fingerprint density at radius 1 is 0.929 bits per heavy atom. The Balaban J connectivity index is 3.77. The molecule has 0 heterocycles. The minimum atomic E-state index is -0.552. The summed E-state index contributed by atoms with van der Waals surface area (Å²) in [4.78, 5) is 0. The molecular formula is C12H26O2. The van der Waals surface area contributed by atoms with E-state index in [1.54, 1.807) is 0 Å². The van der Waals surface area contributed by atoms with Crippen molar-refractivity contribution in [3.05, 3.63) is 0 Å². The molecule has 2 nitrogen and oxygen atoms in total. The molecule has 0 spiro atoms. The lowest BCUT2D eigenvalue weighted by Crippen LogP contribution is -2.32. The van der Waals surface area contributed by atoms with Crippen molar-refractivity contribution in [3.8, 4) is 0 Å². The molecule has 86 valence electrons. The number of rotatable bonds is 7. The zero-order chi connectivity index (χ0) is 11.1. The Morgan fingerprint density at radius 3 is 1.93 bits per heavy atom. The second-order valence-corrected chi connectivity index (χ2v) is 4.53. The highest BCUT2D eigenvalue weighted by Gasteiger charge is 2.21. The average molecular weight is 202 g/mol. The Bertz CT molecular complexity index is 136. The fourth-order valence-electron chi connectivity index (χ4n) is 1.45. The van der Waals surface area contributed by atoms with Crippen molar-refractivity contribution in [2.45, 2.75) is 65.6 Å². The normalized spacial score (nSPS) is 20.1. The van der Waals surface area contributed by atoms with Crippen LogP contribution in [0.4, 0.5) is 0 Å². The van der Waals surface area contributed by atoms with Gasteiger partial charge in [0.2, 0.25) is 0 Å². The van der Waals surface area contributed by atoms with Crippen LogP contribution in [0.1, 0.15) is 53.4 Å². The monoisotopic (exact) mass is 202 g/mol. The minimum Gasteiger partial charge on any atom is -0.390 e. The Kier molecular flexibility index (Phi) is 7.20. The molecule has 2 heteroatoms. The van der Waals surface area contributed by atoms with Gasteiger partial charge in [-0.25, -0.2) is 0 Å². The highest BCUT2D eigenvalue weighted by Crippen LogP contribution is 2.18. The summed E-state index contributed by atoms with van der Waals surface area (Å²) in [6.45, 7) is 8.36. The highest BCUT2D eigenvalue weighted by molar-refractivity contribution is 4.72. The lowest BCUT2D eigenvalue weighted by molar-refractivity contribution is -0.0199. The van der Waals surface area contributed by atoms with Crippen LogP contribution in [0.25, 0.3) is 0 Å². The zero-order valence-electron chi connectivity index (χ0n) is 10.0. The van der Waals surface area contributed by atoms with Gasteiger partial charge in [-0.1, -0.05) is 40.5 Å². The van der Waals surface area contributed by atoms with E-state index in [1.165, 1.54) is 0 Å².